The van der Waals surface area contributed by atoms with Gasteiger partial charge in [0, 0.05) is 12.6 Å². The van der Waals surface area contributed by atoms with Gasteiger partial charge in [-0.15, -0.1) is 0 Å². The smallest absolute Gasteiger partial charge is 0.247 e. The van der Waals surface area contributed by atoms with Gasteiger partial charge in [0.1, 0.15) is 0 Å². The fourth-order valence-corrected chi connectivity index (χ4v) is 2.35. The maximum atomic E-state index is 12.2. The summed E-state index contributed by atoms with van der Waals surface area (Å²) in [7, 11) is 0. The number of rotatable bonds is 4. The standard InChI is InChI=1S/C17H23NO3/c1-13(2)15-6-3-14(4-7-15)5-8-17(20)18-9-10-21-12-16(18)11-19/h3-8,13,16,19H,9-12H2,1-2H3/b8-5+. The highest BCUT2D eigenvalue weighted by atomic mass is 16.5. The number of hydrogen-bond acceptors (Lipinski definition) is 3. The van der Waals surface area contributed by atoms with E-state index in [0.717, 1.165) is 5.56 Å². The number of hydrogen-bond donors (Lipinski definition) is 1. The first-order valence-electron chi connectivity index (χ1n) is 7.39. The van der Waals surface area contributed by atoms with Crippen LogP contribution in [0.15, 0.2) is 30.3 Å². The molecule has 1 aliphatic heterocycles. The summed E-state index contributed by atoms with van der Waals surface area (Å²) in [6, 6.07) is 7.96. The molecule has 0 saturated carbocycles. The molecule has 21 heavy (non-hydrogen) atoms. The van der Waals surface area contributed by atoms with Crippen LogP contribution in [0, 0.1) is 0 Å². The normalized spacial score (nSPS) is 19.4. The van der Waals surface area contributed by atoms with Gasteiger partial charge in [0.2, 0.25) is 5.91 Å². The van der Waals surface area contributed by atoms with E-state index in [9.17, 15) is 9.90 Å². The fraction of sp³-hybridized carbons (Fsp3) is 0.471. The lowest BCUT2D eigenvalue weighted by Gasteiger charge is -2.33. The van der Waals surface area contributed by atoms with E-state index < -0.39 is 0 Å². The molecular weight excluding hydrogens is 266 g/mol. The molecule has 1 saturated heterocycles. The Morgan fingerprint density at radius 1 is 1.43 bits per heavy atom. The molecule has 0 radical (unpaired) electrons. The monoisotopic (exact) mass is 289 g/mol. The van der Waals surface area contributed by atoms with E-state index in [2.05, 4.69) is 26.0 Å². The topological polar surface area (TPSA) is 49.8 Å². The third-order valence-corrected chi connectivity index (χ3v) is 3.74. The van der Waals surface area contributed by atoms with Crippen molar-refractivity contribution < 1.29 is 14.6 Å². The van der Waals surface area contributed by atoms with E-state index in [1.165, 1.54) is 5.56 Å². The summed E-state index contributed by atoms with van der Waals surface area (Å²) < 4.78 is 5.27. The van der Waals surface area contributed by atoms with Crippen LogP contribution in [0.2, 0.25) is 0 Å². The van der Waals surface area contributed by atoms with Crippen molar-refractivity contribution in [1.29, 1.82) is 0 Å². The lowest BCUT2D eigenvalue weighted by molar-refractivity contribution is -0.136. The summed E-state index contributed by atoms with van der Waals surface area (Å²) in [6.07, 6.45) is 3.38. The summed E-state index contributed by atoms with van der Waals surface area (Å²) in [5.74, 6) is 0.425. The maximum absolute atomic E-state index is 12.2. The van der Waals surface area contributed by atoms with Gasteiger partial charge in [-0.3, -0.25) is 4.79 Å². The minimum atomic E-state index is -0.237. The van der Waals surface area contributed by atoms with Crippen LogP contribution in [0.4, 0.5) is 0 Å². The van der Waals surface area contributed by atoms with E-state index in [-0.39, 0.29) is 18.6 Å². The van der Waals surface area contributed by atoms with Crippen molar-refractivity contribution in [1.82, 2.24) is 4.90 Å². The number of benzene rings is 1. The van der Waals surface area contributed by atoms with E-state index in [1.54, 1.807) is 11.0 Å². The summed E-state index contributed by atoms with van der Waals surface area (Å²) >= 11 is 0. The molecule has 114 valence electrons. The first-order chi connectivity index (χ1) is 10.1. The molecule has 0 spiro atoms. The highest BCUT2D eigenvalue weighted by molar-refractivity contribution is 5.92. The second kappa shape index (κ2) is 7.38. The van der Waals surface area contributed by atoms with E-state index in [4.69, 9.17) is 4.74 Å². The van der Waals surface area contributed by atoms with Crippen LogP contribution in [0.1, 0.15) is 30.9 Å². The van der Waals surface area contributed by atoms with Crippen LogP contribution in [-0.2, 0) is 9.53 Å². The third-order valence-electron chi connectivity index (χ3n) is 3.74. The Kier molecular flexibility index (Phi) is 5.53. The number of amides is 1. The Labute approximate surface area is 126 Å². The molecule has 1 unspecified atom stereocenters. The Morgan fingerprint density at radius 3 is 2.76 bits per heavy atom. The molecule has 1 heterocycles. The van der Waals surface area contributed by atoms with Gasteiger partial charge in [-0.05, 0) is 23.1 Å². The number of aliphatic hydroxyl groups is 1. The molecule has 1 aliphatic rings. The van der Waals surface area contributed by atoms with Crippen molar-refractivity contribution in [3.8, 4) is 0 Å². The highest BCUT2D eigenvalue weighted by Crippen LogP contribution is 2.15. The molecule has 0 aromatic heterocycles. The van der Waals surface area contributed by atoms with Gasteiger partial charge in [-0.25, -0.2) is 0 Å². The summed E-state index contributed by atoms with van der Waals surface area (Å²) in [5, 5.41) is 9.28. The number of morpholine rings is 1. The molecule has 0 aliphatic carbocycles. The molecule has 1 aromatic rings. The van der Waals surface area contributed by atoms with E-state index >= 15 is 0 Å². The zero-order valence-electron chi connectivity index (χ0n) is 12.7. The Balaban J connectivity index is 2.00. The molecule has 4 nitrogen and oxygen atoms in total. The Morgan fingerprint density at radius 2 is 2.14 bits per heavy atom. The number of carbonyl (C=O) groups excluding carboxylic acids is 1. The molecular formula is C17H23NO3. The second-order valence-electron chi connectivity index (χ2n) is 5.60. The van der Waals surface area contributed by atoms with Crippen molar-refractivity contribution >= 4 is 12.0 Å². The molecule has 1 atom stereocenters. The number of ether oxygens (including phenoxy) is 1. The summed E-state index contributed by atoms with van der Waals surface area (Å²) in [4.78, 5) is 13.9. The molecule has 0 bridgehead atoms. The van der Waals surface area contributed by atoms with Crippen LogP contribution < -0.4 is 0 Å². The zero-order chi connectivity index (χ0) is 15.2. The molecule has 2 rings (SSSR count). The van der Waals surface area contributed by atoms with Gasteiger partial charge in [-0.2, -0.15) is 0 Å². The number of aliphatic hydroxyl groups excluding tert-OH is 1. The van der Waals surface area contributed by atoms with Crippen molar-refractivity contribution in [3.63, 3.8) is 0 Å². The Bertz CT molecular complexity index is 493. The molecule has 4 heteroatoms. The minimum Gasteiger partial charge on any atom is -0.394 e. The van der Waals surface area contributed by atoms with Crippen molar-refractivity contribution in [2.45, 2.75) is 25.8 Å². The molecule has 1 aromatic carbocycles. The number of carbonyl (C=O) groups is 1. The lowest BCUT2D eigenvalue weighted by atomic mass is 10.0. The van der Waals surface area contributed by atoms with Crippen molar-refractivity contribution in [2.75, 3.05) is 26.4 Å². The lowest BCUT2D eigenvalue weighted by Crippen LogP contribution is -2.49. The van der Waals surface area contributed by atoms with Crippen LogP contribution in [0.3, 0.4) is 0 Å². The SMILES string of the molecule is CC(C)c1ccc(/C=C/C(=O)N2CCOCC2CO)cc1. The summed E-state index contributed by atoms with van der Waals surface area (Å²) in [5.41, 5.74) is 2.29. The van der Waals surface area contributed by atoms with Crippen LogP contribution in [0.5, 0.6) is 0 Å². The van der Waals surface area contributed by atoms with Gasteiger partial charge < -0.3 is 14.7 Å². The second-order valence-corrected chi connectivity index (χ2v) is 5.60. The van der Waals surface area contributed by atoms with Crippen molar-refractivity contribution in [3.05, 3.63) is 41.5 Å². The largest absolute Gasteiger partial charge is 0.394 e. The van der Waals surface area contributed by atoms with Gasteiger partial charge in [0.15, 0.2) is 0 Å². The average Bonchev–Trinajstić information content (AvgIpc) is 2.52. The van der Waals surface area contributed by atoms with Crippen LogP contribution >= 0.6 is 0 Å². The van der Waals surface area contributed by atoms with Gasteiger partial charge >= 0.3 is 0 Å². The summed E-state index contributed by atoms with van der Waals surface area (Å²) in [6.45, 7) is 5.70. The minimum absolute atomic E-state index is 0.0668. The zero-order valence-corrected chi connectivity index (χ0v) is 12.7. The van der Waals surface area contributed by atoms with Crippen LogP contribution in [-0.4, -0.2) is 48.3 Å². The van der Waals surface area contributed by atoms with E-state index in [1.807, 2.05) is 18.2 Å². The molecule has 1 fully saturated rings. The first-order valence-corrected chi connectivity index (χ1v) is 7.39. The fourth-order valence-electron chi connectivity index (χ4n) is 2.35. The predicted octanol–water partition coefficient (Wildman–Crippen LogP) is 2.04. The highest BCUT2D eigenvalue weighted by Gasteiger charge is 2.24. The third kappa shape index (κ3) is 4.16. The maximum Gasteiger partial charge on any atom is 0.247 e. The quantitative estimate of drug-likeness (QED) is 0.863. The average molecular weight is 289 g/mol. The predicted molar refractivity (Wildman–Crippen MR) is 83.0 cm³/mol. The number of nitrogens with zero attached hydrogens (tertiary/aromatic N) is 1. The van der Waals surface area contributed by atoms with Gasteiger partial charge in [0.25, 0.3) is 0 Å². The van der Waals surface area contributed by atoms with Crippen LogP contribution in [0.25, 0.3) is 6.08 Å². The van der Waals surface area contributed by atoms with Gasteiger partial charge in [0.05, 0.1) is 25.9 Å². The van der Waals surface area contributed by atoms with Gasteiger partial charge in [-0.1, -0.05) is 38.1 Å². The molecule has 1 amide bonds. The Hall–Kier alpha value is -1.65. The van der Waals surface area contributed by atoms with Crippen molar-refractivity contribution in [2.24, 2.45) is 0 Å². The molecule has 1 N–H and O–H groups in total. The van der Waals surface area contributed by atoms with E-state index in [0.29, 0.717) is 25.7 Å². The first kappa shape index (κ1) is 15.7.